The van der Waals surface area contributed by atoms with Gasteiger partial charge in [0.15, 0.2) is 27.6 Å². The number of nitrogens with two attached hydrogens (primary N) is 1. The summed E-state index contributed by atoms with van der Waals surface area (Å²) in [7, 11) is 0. The topological polar surface area (TPSA) is 258 Å². The van der Waals surface area contributed by atoms with E-state index in [4.69, 9.17) is 10.8 Å². The van der Waals surface area contributed by atoms with E-state index in [1.54, 1.807) is 35.8 Å². The van der Waals surface area contributed by atoms with Crippen LogP contribution in [0, 0.1) is 0 Å². The number of nitrogens with zero attached hydrogens (tertiary/aromatic N) is 14. The van der Waals surface area contributed by atoms with Crippen molar-refractivity contribution in [1.29, 1.82) is 0 Å². The molecule has 21 nitrogen and oxygen atoms in total. The van der Waals surface area contributed by atoms with Gasteiger partial charge < -0.3 is 46.0 Å². The van der Waals surface area contributed by atoms with Gasteiger partial charge >= 0.3 is 5.97 Å². The van der Waals surface area contributed by atoms with E-state index in [1.807, 2.05) is 26.1 Å². The Morgan fingerprint density at radius 1 is 0.678 bits per heavy atom. The van der Waals surface area contributed by atoms with Crippen LogP contribution in [0.2, 0.25) is 0 Å². The lowest BCUT2D eigenvalue weighted by atomic mass is 10.1. The van der Waals surface area contributed by atoms with Crippen molar-refractivity contribution >= 4 is 67.7 Å². The van der Waals surface area contributed by atoms with Crippen LogP contribution < -0.4 is 30.7 Å². The summed E-state index contributed by atoms with van der Waals surface area (Å²) in [5.74, 6) is 0.521. The molecule has 4 fully saturated rings. The van der Waals surface area contributed by atoms with E-state index in [2.05, 4.69) is 60.3 Å². The fraction of sp³-hybridized carbons (Fsp3) is 0.500. The molecule has 2 atom stereocenters. The molecule has 4 aliphatic heterocycles. The summed E-state index contributed by atoms with van der Waals surface area (Å²) in [5.41, 5.74) is 7.93. The van der Waals surface area contributed by atoms with Crippen molar-refractivity contribution in [2.75, 3.05) is 72.0 Å². The van der Waals surface area contributed by atoms with Gasteiger partial charge in [0, 0.05) is 100.0 Å². The number of thiazole rings is 2. The van der Waals surface area contributed by atoms with Gasteiger partial charge in [-0.2, -0.15) is 0 Å². The third kappa shape index (κ3) is 9.49. The summed E-state index contributed by atoms with van der Waals surface area (Å²) in [6.07, 6.45) is 14.8. The van der Waals surface area contributed by atoms with E-state index in [0.717, 1.165) is 118 Å². The molecule has 0 aliphatic carbocycles. The Morgan fingerprint density at radius 2 is 1.17 bits per heavy atom. The van der Waals surface area contributed by atoms with Gasteiger partial charge in [-0.3, -0.25) is 13.6 Å². The van der Waals surface area contributed by atoms with Gasteiger partial charge in [0.25, 0.3) is 5.91 Å². The number of hydrogen-bond donors (Lipinski definition) is 5. The maximum atomic E-state index is 12.7. The van der Waals surface area contributed by atoms with Crippen LogP contribution in [0.4, 0.5) is 21.9 Å². The van der Waals surface area contributed by atoms with Crippen LogP contribution in [0.1, 0.15) is 59.5 Å². The lowest BCUT2D eigenvalue weighted by Gasteiger charge is -2.29. The predicted molar refractivity (Wildman–Crippen MR) is 221 cm³/mol. The Bertz CT molecular complexity index is 2330. The van der Waals surface area contributed by atoms with Crippen LogP contribution in [0.5, 0.6) is 0 Å². The second-order valence-corrected chi connectivity index (χ2v) is 16.5. The summed E-state index contributed by atoms with van der Waals surface area (Å²) in [4.78, 5) is 49.1. The number of aliphatic hydroxyl groups is 2. The Balaban J connectivity index is 0.000000136. The minimum Gasteiger partial charge on any atom is -0.476 e. The number of amides is 1. The molecule has 0 radical (unpaired) electrons. The quantitative estimate of drug-likeness (QED) is 0.150. The van der Waals surface area contributed by atoms with Crippen LogP contribution >= 0.6 is 22.7 Å². The van der Waals surface area contributed by atoms with E-state index < -0.39 is 5.97 Å². The first kappa shape index (κ1) is 40.2. The highest BCUT2D eigenvalue weighted by atomic mass is 32.1. The largest absolute Gasteiger partial charge is 0.476 e. The van der Waals surface area contributed by atoms with Crippen molar-refractivity contribution in [3.8, 4) is 0 Å². The monoisotopic (exact) mass is 846 g/mol. The maximum absolute atomic E-state index is 12.7. The molecular weight excluding hydrogens is 801 g/mol. The number of fused-ring (bicyclic) bond motifs is 2. The third-order valence-electron chi connectivity index (χ3n) is 10.6. The maximum Gasteiger partial charge on any atom is 0.355 e. The molecule has 4 saturated heterocycles. The molecule has 10 rings (SSSR count). The van der Waals surface area contributed by atoms with Crippen molar-refractivity contribution in [1.82, 2.24) is 54.4 Å². The van der Waals surface area contributed by atoms with Crippen molar-refractivity contribution < 1.29 is 24.9 Å². The smallest absolute Gasteiger partial charge is 0.355 e. The molecule has 0 aromatic carbocycles. The predicted octanol–water partition coefficient (Wildman–Crippen LogP) is 1.01. The molecule has 1 amide bonds. The Labute approximate surface area is 346 Å². The highest BCUT2D eigenvalue weighted by Crippen LogP contribution is 2.27. The summed E-state index contributed by atoms with van der Waals surface area (Å²) >= 11 is 2.82. The number of carboxylic acid groups (broad SMARTS) is 1. The molecule has 312 valence electrons. The standard InChI is InChI=1S/C18H22N8O2S.C9H12N6.C9H12N2O3S/c27-13-2-6-24(7-3-13)18-22-14(10-29-18)17(28)21-12-1-5-25(9-12)15-16-23-20-11-26(16)8-4-19-15;10-7-1-3-14(5-7)8-9-13-12-6-15(9)4-2-11-8;12-6-1-3-11(4-2-6)9-10-7(5-15-9)8(13)14/h4,8,10-13,27H,1-3,5-7,9H2,(H,21,28);2,4,6-7H,1,3,5,10H2;5-6,12H,1-4H2,(H,13,14)/t12-;7-;/m00./s1. The van der Waals surface area contributed by atoms with Crippen molar-refractivity contribution in [2.24, 2.45) is 5.73 Å². The normalized spacial score (nSPS) is 20.1. The first-order chi connectivity index (χ1) is 28.7. The Morgan fingerprint density at radius 3 is 1.68 bits per heavy atom. The first-order valence-electron chi connectivity index (χ1n) is 19.5. The van der Waals surface area contributed by atoms with Crippen LogP contribution in [-0.4, -0.2) is 153 Å². The number of carbonyl (C=O) groups excluding carboxylic acids is 1. The molecule has 0 unspecified atom stereocenters. The number of aromatic carboxylic acids is 1. The summed E-state index contributed by atoms with van der Waals surface area (Å²) in [5, 5.41) is 51.7. The summed E-state index contributed by atoms with van der Waals surface area (Å²) in [6.45, 7) is 6.29. The summed E-state index contributed by atoms with van der Waals surface area (Å²) in [6, 6.07) is 0.276. The number of piperidine rings is 2. The molecule has 6 aromatic heterocycles. The van der Waals surface area contributed by atoms with Gasteiger partial charge in [0.05, 0.1) is 12.2 Å². The lowest BCUT2D eigenvalue weighted by Crippen LogP contribution is -2.38. The molecule has 4 aliphatic rings. The molecule has 59 heavy (non-hydrogen) atoms. The molecular formula is C36H46N16O5S2. The highest BCUT2D eigenvalue weighted by molar-refractivity contribution is 7.14. The van der Waals surface area contributed by atoms with Crippen molar-refractivity contribution in [2.45, 2.75) is 62.8 Å². The van der Waals surface area contributed by atoms with Gasteiger partial charge in [0.1, 0.15) is 18.3 Å². The molecule has 23 heteroatoms. The lowest BCUT2D eigenvalue weighted by molar-refractivity contribution is 0.0691. The average molecular weight is 847 g/mol. The van der Waals surface area contributed by atoms with Crippen LogP contribution in [0.25, 0.3) is 11.3 Å². The average Bonchev–Trinajstić information content (AvgIpc) is 4.10. The van der Waals surface area contributed by atoms with E-state index in [9.17, 15) is 19.8 Å². The molecule has 0 spiro atoms. The number of carboxylic acids is 1. The SMILES string of the molecule is N[C@H]1CCN(c2nccn3cnnc23)C1.O=C(N[C@H]1CCN(c2nccn3cnnc23)C1)c1csc(N2CCC(O)CC2)n1.O=C(O)c1csc(N2CCC(O)CC2)n1. The number of carbonyl (C=O) groups is 2. The van der Waals surface area contributed by atoms with Crippen LogP contribution in [-0.2, 0) is 0 Å². The van der Waals surface area contributed by atoms with E-state index in [-0.39, 0.29) is 35.9 Å². The van der Waals surface area contributed by atoms with Crippen LogP contribution in [0.3, 0.4) is 0 Å². The minimum absolute atomic E-state index is 0.0303. The zero-order chi connectivity index (χ0) is 40.9. The number of hydrogen-bond acceptors (Lipinski definition) is 19. The number of aromatic nitrogens is 10. The first-order valence-corrected chi connectivity index (χ1v) is 21.3. The van der Waals surface area contributed by atoms with E-state index in [0.29, 0.717) is 12.2 Å². The molecule has 10 heterocycles. The molecule has 6 aromatic rings. The molecule has 6 N–H and O–H groups in total. The van der Waals surface area contributed by atoms with Gasteiger partial charge in [-0.05, 0) is 38.5 Å². The number of anilines is 4. The van der Waals surface area contributed by atoms with Gasteiger partial charge in [-0.25, -0.2) is 24.7 Å². The van der Waals surface area contributed by atoms with Gasteiger partial charge in [-0.1, -0.05) is 0 Å². The van der Waals surface area contributed by atoms with Gasteiger partial charge in [-0.15, -0.1) is 43.1 Å². The fourth-order valence-corrected chi connectivity index (χ4v) is 9.09. The fourth-order valence-electron chi connectivity index (χ4n) is 7.38. The third-order valence-corrected chi connectivity index (χ3v) is 12.5. The second kappa shape index (κ2) is 18.1. The van der Waals surface area contributed by atoms with Crippen LogP contribution in [0.15, 0.2) is 48.2 Å². The Kier molecular flexibility index (Phi) is 12.3. The van der Waals surface area contributed by atoms with E-state index >= 15 is 0 Å². The number of aliphatic hydroxyl groups excluding tert-OH is 2. The highest BCUT2D eigenvalue weighted by Gasteiger charge is 2.29. The number of rotatable bonds is 7. The molecule has 0 saturated carbocycles. The van der Waals surface area contributed by atoms with Gasteiger partial charge in [0.2, 0.25) is 11.3 Å². The number of nitrogens with one attached hydrogen (secondary N) is 1. The Hall–Kier alpha value is -5.62. The van der Waals surface area contributed by atoms with E-state index in [1.165, 1.54) is 22.7 Å². The van der Waals surface area contributed by atoms with Crippen molar-refractivity contribution in [3.05, 3.63) is 59.6 Å². The second-order valence-electron chi connectivity index (χ2n) is 14.8. The zero-order valence-electron chi connectivity index (χ0n) is 32.1. The minimum atomic E-state index is -0.991. The molecule has 0 bridgehead atoms. The van der Waals surface area contributed by atoms with Crippen molar-refractivity contribution in [3.63, 3.8) is 0 Å². The zero-order valence-corrected chi connectivity index (χ0v) is 33.8. The summed E-state index contributed by atoms with van der Waals surface area (Å²) < 4.78 is 3.71.